The Hall–Kier alpha value is -1.55. The van der Waals surface area contributed by atoms with Crippen LogP contribution in [-0.2, 0) is 15.9 Å². The molecule has 5 heteroatoms. The van der Waals surface area contributed by atoms with Gasteiger partial charge in [-0.15, -0.1) is 0 Å². The molecule has 0 aliphatic heterocycles. The van der Waals surface area contributed by atoms with E-state index >= 15 is 0 Å². The van der Waals surface area contributed by atoms with Crippen LogP contribution in [0.25, 0.3) is 0 Å². The molecule has 0 bridgehead atoms. The predicted molar refractivity (Wildman–Crippen MR) is 95.8 cm³/mol. The molecule has 0 radical (unpaired) electrons. The number of carbonyl (C=O) groups is 2. The number of aryl methyl sites for hydroxylation is 1. The lowest BCUT2D eigenvalue weighted by molar-refractivity contribution is 0.0352. The van der Waals surface area contributed by atoms with Gasteiger partial charge in [0.05, 0.1) is 24.3 Å². The minimum Gasteiger partial charge on any atom is -0.462 e. The van der Waals surface area contributed by atoms with Crippen LogP contribution in [0.1, 0.15) is 73.7 Å². The summed E-state index contributed by atoms with van der Waals surface area (Å²) >= 11 is 6.21. The molecule has 0 aliphatic carbocycles. The quantitative estimate of drug-likeness (QED) is 0.507. The second-order valence-corrected chi connectivity index (χ2v) is 7.38. The van der Waals surface area contributed by atoms with E-state index < -0.39 is 11.9 Å². The third-order valence-corrected chi connectivity index (χ3v) is 3.73. The van der Waals surface area contributed by atoms with Gasteiger partial charge in [-0.3, -0.25) is 0 Å². The zero-order chi connectivity index (χ0) is 18.3. The summed E-state index contributed by atoms with van der Waals surface area (Å²) in [5.74, 6) is -1.07. The fourth-order valence-corrected chi connectivity index (χ4v) is 2.27. The number of halogens is 1. The summed E-state index contributed by atoms with van der Waals surface area (Å²) in [5, 5.41) is 0.449. The fourth-order valence-electron chi connectivity index (χ4n) is 1.97. The van der Waals surface area contributed by atoms with E-state index in [9.17, 15) is 9.59 Å². The van der Waals surface area contributed by atoms with Crippen LogP contribution in [0.15, 0.2) is 12.1 Å². The number of ether oxygens (including phenoxy) is 2. The minimum absolute atomic E-state index is 0.156. The topological polar surface area (TPSA) is 52.6 Å². The molecule has 0 fully saturated rings. The molecular weight excluding hydrogens is 328 g/mol. The van der Waals surface area contributed by atoms with E-state index in [4.69, 9.17) is 21.1 Å². The third kappa shape index (κ3) is 6.16. The van der Waals surface area contributed by atoms with Gasteiger partial charge in [0.2, 0.25) is 0 Å². The lowest BCUT2D eigenvalue weighted by atomic mass is 9.98. The van der Waals surface area contributed by atoms with Crippen molar-refractivity contribution in [2.24, 2.45) is 5.41 Å². The molecule has 0 atom stereocenters. The Kier molecular flexibility index (Phi) is 7.74. The molecule has 0 spiro atoms. The lowest BCUT2D eigenvalue weighted by Gasteiger charge is -2.19. The van der Waals surface area contributed by atoms with Crippen LogP contribution in [0.3, 0.4) is 0 Å². The smallest absolute Gasteiger partial charge is 0.339 e. The maximum atomic E-state index is 12.4. The average Bonchev–Trinajstić information content (AvgIpc) is 2.51. The van der Waals surface area contributed by atoms with Gasteiger partial charge in [0, 0.05) is 5.02 Å². The fraction of sp³-hybridized carbons (Fsp3) is 0.579. The zero-order valence-corrected chi connectivity index (χ0v) is 16.0. The average molecular weight is 355 g/mol. The zero-order valence-electron chi connectivity index (χ0n) is 15.2. The molecule has 0 saturated carbocycles. The summed E-state index contributed by atoms with van der Waals surface area (Å²) in [6, 6.07) is 3.13. The first-order chi connectivity index (χ1) is 11.2. The Morgan fingerprint density at radius 3 is 2.17 bits per heavy atom. The van der Waals surface area contributed by atoms with Crippen LogP contribution >= 0.6 is 11.6 Å². The summed E-state index contributed by atoms with van der Waals surface area (Å²) in [6.45, 7) is 10.4. The minimum atomic E-state index is -0.558. The number of esters is 2. The van der Waals surface area contributed by atoms with Crippen LogP contribution in [0.4, 0.5) is 0 Å². The van der Waals surface area contributed by atoms with Gasteiger partial charge in [0.25, 0.3) is 0 Å². The van der Waals surface area contributed by atoms with Gasteiger partial charge in [-0.25, -0.2) is 9.59 Å². The maximum Gasteiger partial charge on any atom is 0.339 e. The van der Waals surface area contributed by atoms with Crippen molar-refractivity contribution in [1.82, 2.24) is 0 Å². The monoisotopic (exact) mass is 354 g/mol. The van der Waals surface area contributed by atoms with Crippen molar-refractivity contribution in [2.75, 3.05) is 13.2 Å². The molecule has 24 heavy (non-hydrogen) atoms. The molecule has 0 heterocycles. The molecule has 0 aromatic heterocycles. The van der Waals surface area contributed by atoms with E-state index in [0.29, 0.717) is 18.1 Å². The van der Waals surface area contributed by atoms with Gasteiger partial charge in [-0.05, 0) is 36.0 Å². The first-order valence-corrected chi connectivity index (χ1v) is 8.74. The summed E-state index contributed by atoms with van der Waals surface area (Å²) in [5.41, 5.74) is 1.01. The van der Waals surface area contributed by atoms with Gasteiger partial charge in [0.1, 0.15) is 0 Å². The molecule has 1 aromatic rings. The van der Waals surface area contributed by atoms with Crippen molar-refractivity contribution in [3.63, 3.8) is 0 Å². The first kappa shape index (κ1) is 20.5. The van der Waals surface area contributed by atoms with Gasteiger partial charge in [-0.1, -0.05) is 52.6 Å². The Morgan fingerprint density at radius 1 is 1.04 bits per heavy atom. The Labute approximate surface area is 149 Å². The summed E-state index contributed by atoms with van der Waals surface area (Å²) < 4.78 is 10.6. The molecular formula is C19H27ClO4. The highest BCUT2D eigenvalue weighted by atomic mass is 35.5. The second-order valence-electron chi connectivity index (χ2n) is 6.97. The van der Waals surface area contributed by atoms with Gasteiger partial charge < -0.3 is 9.47 Å². The van der Waals surface area contributed by atoms with Gasteiger partial charge >= 0.3 is 11.9 Å². The largest absolute Gasteiger partial charge is 0.462 e. The van der Waals surface area contributed by atoms with E-state index in [1.54, 1.807) is 6.07 Å². The molecule has 0 unspecified atom stereocenters. The van der Waals surface area contributed by atoms with Crippen LogP contribution in [-0.4, -0.2) is 25.2 Å². The number of hydrogen-bond donors (Lipinski definition) is 0. The number of unbranched alkanes of at least 4 members (excludes halogenated alkanes) is 1. The molecule has 134 valence electrons. The van der Waals surface area contributed by atoms with E-state index in [-0.39, 0.29) is 23.1 Å². The predicted octanol–water partition coefficient (Wildman–Crippen LogP) is 5.06. The van der Waals surface area contributed by atoms with E-state index in [0.717, 1.165) is 18.4 Å². The molecule has 0 amide bonds. The second kappa shape index (κ2) is 9.07. The Balaban J connectivity index is 3.09. The highest BCUT2D eigenvalue weighted by molar-refractivity contribution is 6.32. The van der Waals surface area contributed by atoms with E-state index in [1.807, 2.05) is 34.6 Å². The SMILES string of the molecule is CCCCOC(=O)c1cc(CC)c(Cl)cc1C(=O)OCC(C)(C)C. The van der Waals surface area contributed by atoms with Gasteiger partial charge in [-0.2, -0.15) is 0 Å². The maximum absolute atomic E-state index is 12.4. The molecule has 1 aromatic carbocycles. The molecule has 0 saturated heterocycles. The van der Waals surface area contributed by atoms with Gasteiger partial charge in [0.15, 0.2) is 0 Å². The number of rotatable bonds is 7. The first-order valence-electron chi connectivity index (χ1n) is 8.36. The van der Waals surface area contributed by atoms with Crippen LogP contribution in [0, 0.1) is 5.41 Å². The van der Waals surface area contributed by atoms with E-state index in [2.05, 4.69) is 0 Å². The summed E-state index contributed by atoms with van der Waals surface area (Å²) in [6.07, 6.45) is 2.36. The number of benzene rings is 1. The van der Waals surface area contributed by atoms with Crippen molar-refractivity contribution in [2.45, 2.75) is 53.9 Å². The van der Waals surface area contributed by atoms with Crippen molar-refractivity contribution >= 4 is 23.5 Å². The highest BCUT2D eigenvalue weighted by Crippen LogP contribution is 2.25. The number of hydrogen-bond acceptors (Lipinski definition) is 4. The van der Waals surface area contributed by atoms with E-state index in [1.165, 1.54) is 6.07 Å². The van der Waals surface area contributed by atoms with Crippen LogP contribution in [0.2, 0.25) is 5.02 Å². The Bertz CT molecular complexity index is 588. The number of carbonyl (C=O) groups excluding carboxylic acids is 2. The highest BCUT2D eigenvalue weighted by Gasteiger charge is 2.23. The van der Waals surface area contributed by atoms with Crippen molar-refractivity contribution < 1.29 is 19.1 Å². The molecule has 0 aliphatic rings. The summed E-state index contributed by atoms with van der Waals surface area (Å²) in [4.78, 5) is 24.8. The molecule has 4 nitrogen and oxygen atoms in total. The molecule has 0 N–H and O–H groups in total. The normalized spacial score (nSPS) is 11.2. The van der Waals surface area contributed by atoms with Crippen LogP contribution in [0.5, 0.6) is 0 Å². The summed E-state index contributed by atoms with van der Waals surface area (Å²) in [7, 11) is 0. The third-order valence-electron chi connectivity index (χ3n) is 3.37. The van der Waals surface area contributed by atoms with Crippen LogP contribution < -0.4 is 0 Å². The molecule has 1 rings (SSSR count). The standard InChI is InChI=1S/C19H27ClO4/c1-6-8-9-23-17(21)14-10-13(7-2)16(20)11-15(14)18(22)24-12-19(3,4)5/h10-11H,6-9,12H2,1-5H3. The van der Waals surface area contributed by atoms with Crippen molar-refractivity contribution in [3.05, 3.63) is 33.8 Å². The Morgan fingerprint density at radius 2 is 1.62 bits per heavy atom. The van der Waals surface area contributed by atoms with Crippen molar-refractivity contribution in [1.29, 1.82) is 0 Å². The van der Waals surface area contributed by atoms with Crippen molar-refractivity contribution in [3.8, 4) is 0 Å². The lowest BCUT2D eigenvalue weighted by Crippen LogP contribution is -2.21.